The normalized spacial score (nSPS) is 20.2. The van der Waals surface area contributed by atoms with E-state index in [0.29, 0.717) is 0 Å². The molecule has 0 aromatic heterocycles. The van der Waals surface area contributed by atoms with E-state index in [0.717, 1.165) is 12.8 Å². The summed E-state index contributed by atoms with van der Waals surface area (Å²) < 4.78 is 5.03. The van der Waals surface area contributed by atoms with Gasteiger partial charge in [-0.25, -0.2) is 0 Å². The Hall–Kier alpha value is -0.530. The smallest absolute Gasteiger partial charge is 0.309 e. The fraction of sp³-hybridized carbons (Fsp3) is 0.750. The van der Waals surface area contributed by atoms with Gasteiger partial charge in [-0.05, 0) is 26.2 Å². The molecule has 2 nitrogen and oxygen atoms in total. The van der Waals surface area contributed by atoms with Crippen molar-refractivity contribution in [1.29, 1.82) is 0 Å². The Morgan fingerprint density at radius 1 is 1.70 bits per heavy atom. The molecule has 0 bridgehead atoms. The Morgan fingerprint density at radius 2 is 2.30 bits per heavy atom. The molecule has 0 aromatic carbocycles. The molecule has 10 heavy (non-hydrogen) atoms. The van der Waals surface area contributed by atoms with Crippen molar-refractivity contribution in [2.24, 2.45) is 5.92 Å². The van der Waals surface area contributed by atoms with Gasteiger partial charge in [0, 0.05) is 0 Å². The number of esters is 1. The van der Waals surface area contributed by atoms with Crippen molar-refractivity contribution < 1.29 is 9.53 Å². The first-order valence-corrected chi connectivity index (χ1v) is 3.74. The lowest BCUT2D eigenvalue weighted by Crippen LogP contribution is -2.15. The lowest BCUT2D eigenvalue weighted by atomic mass is 10.3. The molecular formula is C8H13O2. The number of rotatable bonds is 3. The average Bonchev–Trinajstić information content (AvgIpc) is 2.68. The third kappa shape index (κ3) is 2.01. The first-order valence-electron chi connectivity index (χ1n) is 3.74. The number of carbonyl (C=O) groups excluding carboxylic acids is 1. The predicted molar refractivity (Wildman–Crippen MR) is 38.3 cm³/mol. The highest BCUT2D eigenvalue weighted by atomic mass is 16.5. The second-order valence-corrected chi connectivity index (χ2v) is 2.75. The summed E-state index contributed by atoms with van der Waals surface area (Å²) in [5.41, 5.74) is 0. The van der Waals surface area contributed by atoms with Gasteiger partial charge in [-0.15, -0.1) is 0 Å². The van der Waals surface area contributed by atoms with E-state index >= 15 is 0 Å². The molecule has 0 aliphatic heterocycles. The number of hydrogen-bond acceptors (Lipinski definition) is 2. The second-order valence-electron chi connectivity index (χ2n) is 2.75. The van der Waals surface area contributed by atoms with Crippen LogP contribution < -0.4 is 0 Å². The molecule has 0 amide bonds. The maximum atomic E-state index is 10.9. The van der Waals surface area contributed by atoms with Crippen molar-refractivity contribution in [2.45, 2.75) is 32.8 Å². The predicted octanol–water partition coefficient (Wildman–Crippen LogP) is 1.55. The van der Waals surface area contributed by atoms with Crippen LogP contribution in [0.25, 0.3) is 0 Å². The summed E-state index contributed by atoms with van der Waals surface area (Å²) in [7, 11) is 0. The molecule has 1 rings (SSSR count). The fourth-order valence-electron chi connectivity index (χ4n) is 0.667. The fourth-order valence-corrected chi connectivity index (χ4v) is 0.667. The molecular weight excluding hydrogens is 128 g/mol. The number of carbonyl (C=O) groups is 1. The first-order chi connectivity index (χ1) is 4.74. The zero-order chi connectivity index (χ0) is 7.56. The third-order valence-electron chi connectivity index (χ3n) is 1.68. The molecule has 2 heteroatoms. The van der Waals surface area contributed by atoms with E-state index in [1.807, 2.05) is 20.3 Å². The van der Waals surface area contributed by atoms with Crippen LogP contribution in [0.2, 0.25) is 0 Å². The maximum Gasteiger partial charge on any atom is 0.309 e. The van der Waals surface area contributed by atoms with E-state index in [2.05, 4.69) is 0 Å². The van der Waals surface area contributed by atoms with E-state index in [4.69, 9.17) is 4.74 Å². The molecule has 0 saturated heterocycles. The second kappa shape index (κ2) is 3.04. The number of hydrogen-bond donors (Lipinski definition) is 0. The van der Waals surface area contributed by atoms with Gasteiger partial charge in [0.1, 0.15) is 6.10 Å². The van der Waals surface area contributed by atoms with Gasteiger partial charge in [-0.1, -0.05) is 6.92 Å². The summed E-state index contributed by atoms with van der Waals surface area (Å²) in [6, 6.07) is 0. The maximum absolute atomic E-state index is 10.9. The topological polar surface area (TPSA) is 26.3 Å². The minimum atomic E-state index is -0.0226. The van der Waals surface area contributed by atoms with Crippen molar-refractivity contribution >= 4 is 5.97 Å². The van der Waals surface area contributed by atoms with Crippen LogP contribution in [-0.4, -0.2) is 12.1 Å². The summed E-state index contributed by atoms with van der Waals surface area (Å²) in [4.78, 5) is 10.9. The summed E-state index contributed by atoms with van der Waals surface area (Å²) >= 11 is 0. The van der Waals surface area contributed by atoms with E-state index in [1.165, 1.54) is 0 Å². The molecule has 1 saturated carbocycles. The van der Waals surface area contributed by atoms with Crippen molar-refractivity contribution in [3.63, 3.8) is 0 Å². The van der Waals surface area contributed by atoms with E-state index < -0.39 is 0 Å². The van der Waals surface area contributed by atoms with Crippen LogP contribution in [-0.2, 0) is 9.53 Å². The monoisotopic (exact) mass is 141 g/mol. The van der Waals surface area contributed by atoms with Crippen LogP contribution >= 0.6 is 0 Å². The summed E-state index contributed by atoms with van der Waals surface area (Å²) in [5.74, 6) is 0.202. The van der Waals surface area contributed by atoms with Crippen molar-refractivity contribution in [3.05, 3.63) is 6.42 Å². The van der Waals surface area contributed by atoms with Crippen molar-refractivity contribution in [2.75, 3.05) is 0 Å². The van der Waals surface area contributed by atoms with Gasteiger partial charge in [0.25, 0.3) is 0 Å². The largest absolute Gasteiger partial charge is 0.462 e. The highest BCUT2D eigenvalue weighted by Crippen LogP contribution is 2.30. The van der Waals surface area contributed by atoms with E-state index in [1.54, 1.807) is 0 Å². The molecule has 1 atom stereocenters. The summed E-state index contributed by atoms with van der Waals surface area (Å²) in [6.07, 6.45) is 3.90. The molecule has 57 valence electrons. The third-order valence-corrected chi connectivity index (χ3v) is 1.68. The van der Waals surface area contributed by atoms with Crippen molar-refractivity contribution in [1.82, 2.24) is 0 Å². The van der Waals surface area contributed by atoms with Crippen molar-refractivity contribution in [3.8, 4) is 0 Å². The minimum absolute atomic E-state index is 0.0203. The van der Waals surface area contributed by atoms with Gasteiger partial charge in [-0.3, -0.25) is 4.79 Å². The van der Waals surface area contributed by atoms with E-state index in [9.17, 15) is 4.79 Å². The van der Waals surface area contributed by atoms with Gasteiger partial charge < -0.3 is 4.74 Å². The highest BCUT2D eigenvalue weighted by molar-refractivity contribution is 5.75. The quantitative estimate of drug-likeness (QED) is 0.557. The van der Waals surface area contributed by atoms with Gasteiger partial charge in [0.05, 0.1) is 5.92 Å². The van der Waals surface area contributed by atoms with Gasteiger partial charge in [-0.2, -0.15) is 0 Å². The Morgan fingerprint density at radius 3 is 2.70 bits per heavy atom. The summed E-state index contributed by atoms with van der Waals surface area (Å²) in [6.45, 7) is 3.77. The molecule has 1 aliphatic carbocycles. The highest BCUT2D eigenvalue weighted by Gasteiger charge is 2.31. The Bertz CT molecular complexity index is 127. The molecule has 0 spiro atoms. The van der Waals surface area contributed by atoms with Gasteiger partial charge >= 0.3 is 5.97 Å². The lowest BCUT2D eigenvalue weighted by Gasteiger charge is -2.08. The van der Waals surface area contributed by atoms with E-state index in [-0.39, 0.29) is 18.0 Å². The summed E-state index contributed by atoms with van der Waals surface area (Å²) in [5, 5.41) is 0. The van der Waals surface area contributed by atoms with Crippen LogP contribution in [0.15, 0.2) is 0 Å². The number of ether oxygens (including phenoxy) is 1. The molecule has 0 heterocycles. The van der Waals surface area contributed by atoms with Gasteiger partial charge in [0.2, 0.25) is 0 Å². The molecule has 0 N–H and O–H groups in total. The molecule has 1 aliphatic rings. The molecule has 0 unspecified atom stereocenters. The SMILES string of the molecule is C[CH][C@H](C)OC(=O)C1CC1. The average molecular weight is 141 g/mol. The van der Waals surface area contributed by atoms with Gasteiger partial charge in [0.15, 0.2) is 0 Å². The Labute approximate surface area is 61.6 Å². The molecule has 1 radical (unpaired) electrons. The lowest BCUT2D eigenvalue weighted by molar-refractivity contribution is -0.148. The van der Waals surface area contributed by atoms with Crippen LogP contribution in [0.3, 0.4) is 0 Å². The van der Waals surface area contributed by atoms with Crippen LogP contribution in [0, 0.1) is 12.3 Å². The minimum Gasteiger partial charge on any atom is -0.462 e. The van der Waals surface area contributed by atoms with Crippen LogP contribution in [0.4, 0.5) is 0 Å². The zero-order valence-electron chi connectivity index (χ0n) is 6.46. The Kier molecular flexibility index (Phi) is 2.30. The first kappa shape index (κ1) is 7.58. The van der Waals surface area contributed by atoms with Crippen LogP contribution in [0.1, 0.15) is 26.7 Å². The zero-order valence-corrected chi connectivity index (χ0v) is 6.46. The van der Waals surface area contributed by atoms with Crippen LogP contribution in [0.5, 0.6) is 0 Å². The molecule has 0 aromatic rings. The molecule has 1 fully saturated rings. The Balaban J connectivity index is 2.16. The standard InChI is InChI=1S/C8H13O2/c1-3-6(2)10-8(9)7-4-5-7/h3,6-7H,4-5H2,1-2H3/t6-/m0/s1.